The fraction of sp³-hybridized carbons (Fsp3) is 0.120. The van der Waals surface area contributed by atoms with Crippen LogP contribution in [-0.2, 0) is 6.54 Å². The van der Waals surface area contributed by atoms with E-state index in [-0.39, 0.29) is 35.0 Å². The number of hydrogen-bond acceptors (Lipinski definition) is 5. The van der Waals surface area contributed by atoms with Gasteiger partial charge < -0.3 is 19.2 Å². The van der Waals surface area contributed by atoms with Crippen LogP contribution in [0.1, 0.15) is 33.3 Å². The summed E-state index contributed by atoms with van der Waals surface area (Å²) >= 11 is 3.40. The van der Waals surface area contributed by atoms with E-state index in [0.717, 1.165) is 10.0 Å². The quantitative estimate of drug-likeness (QED) is 0.433. The molecular formula is C25H18BrNO5. The second-order valence-corrected chi connectivity index (χ2v) is 8.51. The average Bonchev–Trinajstić information content (AvgIpc) is 3.07. The molecule has 0 spiro atoms. The number of phenols is 1. The fourth-order valence-corrected chi connectivity index (χ4v) is 4.49. The molecule has 4 aromatic rings. The van der Waals surface area contributed by atoms with Gasteiger partial charge >= 0.3 is 0 Å². The van der Waals surface area contributed by atoms with Crippen LogP contribution in [0, 0.1) is 0 Å². The van der Waals surface area contributed by atoms with Crippen molar-refractivity contribution in [3.8, 4) is 11.5 Å². The van der Waals surface area contributed by atoms with E-state index in [1.54, 1.807) is 54.5 Å². The summed E-state index contributed by atoms with van der Waals surface area (Å²) in [6.07, 6.45) is 0. The van der Waals surface area contributed by atoms with Crippen molar-refractivity contribution >= 4 is 32.8 Å². The van der Waals surface area contributed by atoms with E-state index in [1.807, 2.05) is 24.3 Å². The normalized spacial score (nSPS) is 15.2. The maximum absolute atomic E-state index is 13.5. The van der Waals surface area contributed by atoms with E-state index in [4.69, 9.17) is 9.15 Å². The molecule has 0 radical (unpaired) electrons. The molecule has 3 aromatic carbocycles. The Kier molecular flexibility index (Phi) is 4.98. The Labute approximate surface area is 191 Å². The molecule has 160 valence electrons. The first-order valence-electron chi connectivity index (χ1n) is 9.95. The van der Waals surface area contributed by atoms with E-state index in [2.05, 4.69) is 15.9 Å². The lowest BCUT2D eigenvalue weighted by molar-refractivity contribution is 0.0714. The molecule has 1 aromatic heterocycles. The molecule has 0 aliphatic carbocycles. The predicted octanol–water partition coefficient (Wildman–Crippen LogP) is 5.02. The molecule has 1 aliphatic heterocycles. The first kappa shape index (κ1) is 20.3. The molecule has 1 amide bonds. The van der Waals surface area contributed by atoms with Gasteiger partial charge in [-0.3, -0.25) is 9.59 Å². The smallest absolute Gasteiger partial charge is 0.291 e. The Hall–Kier alpha value is -3.58. The van der Waals surface area contributed by atoms with E-state index in [9.17, 15) is 14.7 Å². The number of carbonyl (C=O) groups excluding carboxylic acids is 1. The number of amides is 1. The van der Waals surface area contributed by atoms with Crippen molar-refractivity contribution in [1.82, 2.24) is 4.90 Å². The molecule has 0 bridgehead atoms. The minimum absolute atomic E-state index is 0.0340. The monoisotopic (exact) mass is 491 g/mol. The van der Waals surface area contributed by atoms with Crippen molar-refractivity contribution in [2.24, 2.45) is 0 Å². The number of carbonyl (C=O) groups is 1. The van der Waals surface area contributed by atoms with E-state index in [1.165, 1.54) is 0 Å². The second kappa shape index (κ2) is 7.84. The highest BCUT2D eigenvalue weighted by Gasteiger charge is 2.42. The Balaban J connectivity index is 1.70. The molecule has 1 aliphatic rings. The van der Waals surface area contributed by atoms with Crippen LogP contribution in [0.3, 0.4) is 0 Å². The van der Waals surface area contributed by atoms with Gasteiger partial charge in [0.15, 0.2) is 5.43 Å². The van der Waals surface area contributed by atoms with Gasteiger partial charge in [0.05, 0.1) is 24.1 Å². The molecular weight excluding hydrogens is 474 g/mol. The van der Waals surface area contributed by atoms with Crippen LogP contribution in [0.15, 0.2) is 80.4 Å². The lowest BCUT2D eigenvalue weighted by Crippen LogP contribution is -2.29. The highest BCUT2D eigenvalue weighted by molar-refractivity contribution is 9.10. The van der Waals surface area contributed by atoms with Crippen LogP contribution in [0.25, 0.3) is 11.0 Å². The number of rotatable bonds is 4. The van der Waals surface area contributed by atoms with Crippen LogP contribution < -0.4 is 10.2 Å². The van der Waals surface area contributed by atoms with E-state index in [0.29, 0.717) is 22.3 Å². The molecule has 32 heavy (non-hydrogen) atoms. The third kappa shape index (κ3) is 3.35. The summed E-state index contributed by atoms with van der Waals surface area (Å²) < 4.78 is 11.9. The first-order chi connectivity index (χ1) is 15.5. The molecule has 0 fully saturated rings. The summed E-state index contributed by atoms with van der Waals surface area (Å²) in [4.78, 5) is 28.6. The van der Waals surface area contributed by atoms with Gasteiger partial charge in [0.1, 0.15) is 17.1 Å². The molecule has 0 unspecified atom stereocenters. The van der Waals surface area contributed by atoms with Crippen LogP contribution in [-0.4, -0.2) is 23.0 Å². The number of benzene rings is 3. The van der Waals surface area contributed by atoms with Gasteiger partial charge in [0.2, 0.25) is 5.76 Å². The van der Waals surface area contributed by atoms with Gasteiger partial charge in [-0.25, -0.2) is 0 Å². The Morgan fingerprint density at radius 2 is 1.84 bits per heavy atom. The van der Waals surface area contributed by atoms with Crippen LogP contribution in [0.2, 0.25) is 0 Å². The topological polar surface area (TPSA) is 80.0 Å². The summed E-state index contributed by atoms with van der Waals surface area (Å²) in [6, 6.07) is 18.4. The van der Waals surface area contributed by atoms with Crippen molar-refractivity contribution in [3.05, 3.63) is 104 Å². The van der Waals surface area contributed by atoms with Crippen LogP contribution in [0.4, 0.5) is 0 Å². The zero-order valence-electron chi connectivity index (χ0n) is 17.0. The number of fused-ring (bicyclic) bond motifs is 2. The van der Waals surface area contributed by atoms with Crippen molar-refractivity contribution in [2.45, 2.75) is 12.6 Å². The molecule has 2 heterocycles. The highest BCUT2D eigenvalue weighted by Crippen LogP contribution is 2.40. The van der Waals surface area contributed by atoms with Crippen LogP contribution >= 0.6 is 15.9 Å². The minimum Gasteiger partial charge on any atom is -0.508 e. The third-order valence-electron chi connectivity index (χ3n) is 5.63. The Morgan fingerprint density at radius 3 is 2.56 bits per heavy atom. The van der Waals surface area contributed by atoms with Gasteiger partial charge in [-0.2, -0.15) is 0 Å². The highest BCUT2D eigenvalue weighted by atomic mass is 79.9. The summed E-state index contributed by atoms with van der Waals surface area (Å²) in [7, 11) is 1.59. The average molecular weight is 492 g/mol. The number of phenolic OH excluding ortho intramolecular Hbond substituents is 1. The SMILES string of the molecule is COc1ccc(CN2C(=O)c3oc4ccc(Br)cc4c(=O)c3[C@@H]2c2cccc(O)c2)cc1. The molecule has 0 saturated heterocycles. The van der Waals surface area contributed by atoms with Crippen molar-refractivity contribution in [1.29, 1.82) is 0 Å². The lowest BCUT2D eigenvalue weighted by Gasteiger charge is -2.25. The largest absolute Gasteiger partial charge is 0.508 e. The second-order valence-electron chi connectivity index (χ2n) is 7.59. The van der Waals surface area contributed by atoms with Crippen LogP contribution in [0.5, 0.6) is 11.5 Å². The van der Waals surface area contributed by atoms with E-state index < -0.39 is 6.04 Å². The Bertz CT molecular complexity index is 1410. The third-order valence-corrected chi connectivity index (χ3v) is 6.12. The molecule has 5 rings (SSSR count). The van der Waals surface area contributed by atoms with Crippen molar-refractivity contribution < 1.29 is 19.1 Å². The number of nitrogens with zero attached hydrogens (tertiary/aromatic N) is 1. The zero-order chi connectivity index (χ0) is 22.4. The standard InChI is InChI=1S/C25H18BrNO5/c1-31-18-8-5-14(6-9-18)13-27-22(15-3-2-4-17(28)11-15)21-23(29)19-12-16(26)7-10-20(19)32-24(21)25(27)30/h2-12,22,28H,13H2,1H3/t22-/m0/s1. The zero-order valence-corrected chi connectivity index (χ0v) is 18.6. The number of halogens is 1. The fourth-order valence-electron chi connectivity index (χ4n) is 4.12. The predicted molar refractivity (Wildman–Crippen MR) is 123 cm³/mol. The molecule has 0 saturated carbocycles. The molecule has 1 N–H and O–H groups in total. The number of hydrogen-bond donors (Lipinski definition) is 1. The minimum atomic E-state index is -0.689. The van der Waals surface area contributed by atoms with Gasteiger partial charge in [0.25, 0.3) is 5.91 Å². The lowest BCUT2D eigenvalue weighted by atomic mass is 9.98. The molecule has 6 nitrogen and oxygen atoms in total. The number of methoxy groups -OCH3 is 1. The van der Waals surface area contributed by atoms with Gasteiger partial charge in [-0.15, -0.1) is 0 Å². The summed E-state index contributed by atoms with van der Waals surface area (Å²) in [5.41, 5.74) is 1.87. The Morgan fingerprint density at radius 1 is 1.06 bits per heavy atom. The van der Waals surface area contributed by atoms with Gasteiger partial charge in [-0.05, 0) is 53.6 Å². The summed E-state index contributed by atoms with van der Waals surface area (Å²) in [6.45, 7) is 0.257. The summed E-state index contributed by atoms with van der Waals surface area (Å²) in [5.74, 6) is 0.432. The maximum Gasteiger partial charge on any atom is 0.291 e. The summed E-state index contributed by atoms with van der Waals surface area (Å²) in [5, 5.41) is 10.5. The maximum atomic E-state index is 13.5. The first-order valence-corrected chi connectivity index (χ1v) is 10.7. The van der Waals surface area contributed by atoms with Gasteiger partial charge in [-0.1, -0.05) is 40.2 Å². The van der Waals surface area contributed by atoms with Crippen molar-refractivity contribution in [2.75, 3.05) is 7.11 Å². The van der Waals surface area contributed by atoms with Crippen molar-refractivity contribution in [3.63, 3.8) is 0 Å². The molecule has 7 heteroatoms. The molecule has 1 atom stereocenters. The number of aromatic hydroxyl groups is 1. The van der Waals surface area contributed by atoms with E-state index >= 15 is 0 Å². The number of ether oxygens (including phenoxy) is 1. The van der Waals surface area contributed by atoms with Gasteiger partial charge in [0, 0.05) is 11.0 Å².